The van der Waals surface area contributed by atoms with Crippen molar-refractivity contribution >= 4 is 9.84 Å². The Morgan fingerprint density at radius 3 is 1.96 bits per heavy atom. The molecule has 1 N–H and O–H groups in total. The third-order valence-corrected chi connectivity index (χ3v) is 4.78. The maximum Gasteiger partial charge on any atom is 0.175 e. The van der Waals surface area contributed by atoms with Crippen molar-refractivity contribution in [3.63, 3.8) is 0 Å². The summed E-state index contributed by atoms with van der Waals surface area (Å²) in [6.07, 6.45) is 0.343. The highest BCUT2D eigenvalue weighted by molar-refractivity contribution is 7.90. The molecule has 2 aromatic rings. The van der Waals surface area contributed by atoms with Gasteiger partial charge >= 0.3 is 0 Å². The van der Waals surface area contributed by atoms with Crippen molar-refractivity contribution in [3.8, 4) is 5.75 Å². The van der Waals surface area contributed by atoms with Crippen molar-refractivity contribution in [1.82, 2.24) is 0 Å². The van der Waals surface area contributed by atoms with Gasteiger partial charge in [-0.2, -0.15) is 0 Å². The van der Waals surface area contributed by atoms with Crippen molar-refractivity contribution in [2.75, 3.05) is 12.9 Å². The summed E-state index contributed by atoms with van der Waals surface area (Å²) in [5, 5.41) is 10.1. The van der Waals surface area contributed by atoms with Crippen LogP contribution >= 0.6 is 0 Å². The van der Waals surface area contributed by atoms with E-state index in [9.17, 15) is 13.5 Å². The molecule has 23 heavy (non-hydrogen) atoms. The monoisotopic (exact) mass is 334 g/mol. The largest absolute Gasteiger partial charge is 0.491 e. The average molecular weight is 334 g/mol. The third-order valence-electron chi connectivity index (χ3n) is 3.65. The molecule has 0 aliphatic heterocycles. The molecule has 2 aromatic carbocycles. The van der Waals surface area contributed by atoms with Crippen LogP contribution in [-0.2, 0) is 9.84 Å². The van der Waals surface area contributed by atoms with E-state index >= 15 is 0 Å². The summed E-state index contributed by atoms with van der Waals surface area (Å²) in [5.41, 5.74) is 1.85. The highest BCUT2D eigenvalue weighted by Gasteiger charge is 2.11. The summed E-state index contributed by atoms with van der Waals surface area (Å²) in [5.74, 6) is 1.16. The second-order valence-corrected chi connectivity index (χ2v) is 7.91. The molecule has 0 bridgehead atoms. The molecule has 2 rings (SSSR count). The summed E-state index contributed by atoms with van der Waals surface area (Å²) in [6, 6.07) is 14.0. The molecule has 0 amide bonds. The van der Waals surface area contributed by atoms with Crippen LogP contribution in [-0.4, -0.2) is 26.4 Å². The SMILES string of the molecule is CC(C)c1ccc(OCC(O)c2ccc(S(C)(=O)=O)cc2)cc1. The van der Waals surface area contributed by atoms with E-state index in [0.717, 1.165) is 6.26 Å². The number of benzene rings is 2. The lowest BCUT2D eigenvalue weighted by molar-refractivity contribution is 0.108. The van der Waals surface area contributed by atoms with Crippen molar-refractivity contribution in [3.05, 3.63) is 59.7 Å². The van der Waals surface area contributed by atoms with Crippen LogP contribution in [0.2, 0.25) is 0 Å². The van der Waals surface area contributed by atoms with Crippen LogP contribution in [0.1, 0.15) is 37.0 Å². The van der Waals surface area contributed by atoms with Gasteiger partial charge in [-0.15, -0.1) is 0 Å². The minimum absolute atomic E-state index is 0.110. The van der Waals surface area contributed by atoms with E-state index in [1.807, 2.05) is 24.3 Å². The number of hydrogen-bond donors (Lipinski definition) is 1. The van der Waals surface area contributed by atoms with Gasteiger partial charge in [0.2, 0.25) is 0 Å². The lowest BCUT2D eigenvalue weighted by Gasteiger charge is -2.14. The van der Waals surface area contributed by atoms with E-state index in [1.165, 1.54) is 17.7 Å². The molecule has 0 spiro atoms. The normalized spacial score (nSPS) is 13.1. The first kappa shape index (κ1) is 17.5. The molecule has 0 aliphatic rings. The maximum absolute atomic E-state index is 11.4. The van der Waals surface area contributed by atoms with Crippen LogP contribution in [0.3, 0.4) is 0 Å². The molecule has 0 aliphatic carbocycles. The van der Waals surface area contributed by atoms with Crippen LogP contribution in [0.25, 0.3) is 0 Å². The summed E-state index contributed by atoms with van der Waals surface area (Å²) in [4.78, 5) is 0.235. The molecular weight excluding hydrogens is 312 g/mol. The van der Waals surface area contributed by atoms with Gasteiger partial charge < -0.3 is 9.84 Å². The van der Waals surface area contributed by atoms with E-state index in [1.54, 1.807) is 12.1 Å². The van der Waals surface area contributed by atoms with Crippen molar-refractivity contribution < 1.29 is 18.3 Å². The minimum Gasteiger partial charge on any atom is -0.491 e. The standard InChI is InChI=1S/C18H22O4S/c1-13(2)14-4-8-16(9-5-14)22-12-18(19)15-6-10-17(11-7-15)23(3,20)21/h4-11,13,18-19H,12H2,1-3H3. The van der Waals surface area contributed by atoms with Gasteiger partial charge in [0.15, 0.2) is 9.84 Å². The highest BCUT2D eigenvalue weighted by Crippen LogP contribution is 2.21. The molecule has 1 unspecified atom stereocenters. The predicted molar refractivity (Wildman–Crippen MR) is 90.5 cm³/mol. The molecule has 0 saturated heterocycles. The first-order chi connectivity index (χ1) is 10.8. The Morgan fingerprint density at radius 1 is 0.957 bits per heavy atom. The molecular formula is C18H22O4S. The topological polar surface area (TPSA) is 63.6 Å². The second kappa shape index (κ2) is 7.15. The minimum atomic E-state index is -3.22. The summed E-state index contributed by atoms with van der Waals surface area (Å²) < 4.78 is 28.4. The highest BCUT2D eigenvalue weighted by atomic mass is 32.2. The second-order valence-electron chi connectivity index (χ2n) is 5.89. The zero-order valence-corrected chi connectivity index (χ0v) is 14.4. The Bertz CT molecular complexity index is 732. The van der Waals surface area contributed by atoms with Gasteiger partial charge in [-0.25, -0.2) is 8.42 Å². The first-order valence-corrected chi connectivity index (χ1v) is 9.37. The van der Waals surface area contributed by atoms with E-state index in [4.69, 9.17) is 4.74 Å². The maximum atomic E-state index is 11.4. The van der Waals surface area contributed by atoms with Gasteiger partial charge in [-0.3, -0.25) is 0 Å². The molecule has 0 aromatic heterocycles. The molecule has 1 atom stereocenters. The molecule has 5 heteroatoms. The predicted octanol–water partition coefficient (Wildman–Crippen LogP) is 3.33. The molecule has 0 radical (unpaired) electrons. The van der Waals surface area contributed by atoms with Gasteiger partial charge in [-0.05, 0) is 41.3 Å². The Hall–Kier alpha value is -1.85. The van der Waals surface area contributed by atoms with Crippen LogP contribution in [0, 0.1) is 0 Å². The van der Waals surface area contributed by atoms with Crippen molar-refractivity contribution in [2.24, 2.45) is 0 Å². The van der Waals surface area contributed by atoms with Gasteiger partial charge in [0.1, 0.15) is 18.5 Å². The number of ether oxygens (including phenoxy) is 1. The molecule has 0 saturated carbocycles. The van der Waals surface area contributed by atoms with E-state index in [-0.39, 0.29) is 11.5 Å². The summed E-state index contributed by atoms with van der Waals surface area (Å²) in [7, 11) is -3.22. The number of hydrogen-bond acceptors (Lipinski definition) is 4. The Balaban J connectivity index is 1.97. The van der Waals surface area contributed by atoms with Gasteiger partial charge in [0.25, 0.3) is 0 Å². The fraction of sp³-hybridized carbons (Fsp3) is 0.333. The molecule has 4 nitrogen and oxygen atoms in total. The smallest absolute Gasteiger partial charge is 0.175 e. The van der Waals surface area contributed by atoms with Crippen LogP contribution < -0.4 is 4.74 Å². The number of sulfone groups is 1. The zero-order chi connectivity index (χ0) is 17.0. The quantitative estimate of drug-likeness (QED) is 0.880. The Kier molecular flexibility index (Phi) is 5.44. The molecule has 124 valence electrons. The van der Waals surface area contributed by atoms with Crippen molar-refractivity contribution in [2.45, 2.75) is 30.8 Å². The van der Waals surface area contributed by atoms with Gasteiger partial charge in [0.05, 0.1) is 4.90 Å². The van der Waals surface area contributed by atoms with Crippen molar-refractivity contribution in [1.29, 1.82) is 0 Å². The Labute approximate surface area is 137 Å². The summed E-state index contributed by atoms with van der Waals surface area (Å²) in [6.45, 7) is 4.36. The third kappa shape index (κ3) is 4.81. The number of aliphatic hydroxyl groups is 1. The van der Waals surface area contributed by atoms with Crippen LogP contribution in [0.5, 0.6) is 5.75 Å². The lowest BCUT2D eigenvalue weighted by atomic mass is 10.0. The van der Waals surface area contributed by atoms with Gasteiger partial charge in [-0.1, -0.05) is 38.1 Å². The first-order valence-electron chi connectivity index (χ1n) is 7.48. The van der Waals surface area contributed by atoms with E-state index in [0.29, 0.717) is 17.2 Å². The van der Waals surface area contributed by atoms with Crippen LogP contribution in [0.4, 0.5) is 0 Å². The Morgan fingerprint density at radius 2 is 1.48 bits per heavy atom. The fourth-order valence-electron chi connectivity index (χ4n) is 2.16. The average Bonchev–Trinajstić information content (AvgIpc) is 2.52. The lowest BCUT2D eigenvalue weighted by Crippen LogP contribution is -2.10. The van der Waals surface area contributed by atoms with E-state index < -0.39 is 15.9 Å². The number of aliphatic hydroxyl groups excluding tert-OH is 1. The number of rotatable bonds is 6. The van der Waals surface area contributed by atoms with E-state index in [2.05, 4.69) is 13.8 Å². The zero-order valence-electron chi connectivity index (χ0n) is 13.6. The molecule has 0 fully saturated rings. The summed E-state index contributed by atoms with van der Waals surface area (Å²) >= 11 is 0. The van der Waals surface area contributed by atoms with Gasteiger partial charge in [0, 0.05) is 6.26 Å². The molecule has 0 heterocycles. The fourth-order valence-corrected chi connectivity index (χ4v) is 2.79. The van der Waals surface area contributed by atoms with Crippen LogP contribution in [0.15, 0.2) is 53.4 Å².